The summed E-state index contributed by atoms with van der Waals surface area (Å²) in [6.45, 7) is 0.367. The molecule has 0 aromatic heterocycles. The molecule has 0 heterocycles. The van der Waals surface area contributed by atoms with Gasteiger partial charge in [0.05, 0.1) is 6.21 Å². The predicted molar refractivity (Wildman–Crippen MR) is 84.7 cm³/mol. The molecule has 4 nitrogen and oxygen atoms in total. The highest BCUT2D eigenvalue weighted by Crippen LogP contribution is 2.14. The SMILES string of the molecule is NC(=S)NN=Cc1cccc(OCc2ccc(F)cc2)c1. The first-order valence-corrected chi connectivity index (χ1v) is 6.60. The number of nitrogens with two attached hydrogens (primary N) is 1. The van der Waals surface area contributed by atoms with Crippen LogP contribution in [0, 0.1) is 5.82 Å². The first kappa shape index (κ1) is 14.9. The summed E-state index contributed by atoms with van der Waals surface area (Å²) in [5, 5.41) is 3.98. The zero-order valence-electron chi connectivity index (χ0n) is 11.1. The zero-order chi connectivity index (χ0) is 15.1. The number of nitrogens with one attached hydrogen (secondary N) is 1. The number of ether oxygens (including phenoxy) is 1. The van der Waals surface area contributed by atoms with Gasteiger partial charge in [-0.1, -0.05) is 24.3 Å². The van der Waals surface area contributed by atoms with Crippen molar-refractivity contribution >= 4 is 23.5 Å². The van der Waals surface area contributed by atoms with Crippen molar-refractivity contribution < 1.29 is 9.13 Å². The minimum absolute atomic E-state index is 0.106. The van der Waals surface area contributed by atoms with Gasteiger partial charge in [0.2, 0.25) is 0 Å². The van der Waals surface area contributed by atoms with Crippen LogP contribution in [-0.2, 0) is 6.61 Å². The fourth-order valence-electron chi connectivity index (χ4n) is 1.60. The highest BCUT2D eigenvalue weighted by Gasteiger charge is 1.98. The fraction of sp³-hybridized carbons (Fsp3) is 0.0667. The summed E-state index contributed by atoms with van der Waals surface area (Å²) in [5.74, 6) is 0.431. The summed E-state index contributed by atoms with van der Waals surface area (Å²) in [7, 11) is 0. The maximum absolute atomic E-state index is 12.8. The van der Waals surface area contributed by atoms with E-state index in [2.05, 4.69) is 22.7 Å². The van der Waals surface area contributed by atoms with Gasteiger partial charge in [-0.2, -0.15) is 5.10 Å². The number of hydrogen-bond acceptors (Lipinski definition) is 3. The van der Waals surface area contributed by atoms with Gasteiger partial charge >= 0.3 is 0 Å². The summed E-state index contributed by atoms with van der Waals surface area (Å²) in [5.41, 5.74) is 9.48. The molecule has 21 heavy (non-hydrogen) atoms. The Balaban J connectivity index is 1.96. The molecule has 0 aliphatic carbocycles. The lowest BCUT2D eigenvalue weighted by molar-refractivity contribution is 0.306. The van der Waals surface area contributed by atoms with Crippen molar-refractivity contribution in [1.29, 1.82) is 0 Å². The molecule has 108 valence electrons. The largest absolute Gasteiger partial charge is 0.489 e. The van der Waals surface area contributed by atoms with Crippen LogP contribution in [0.4, 0.5) is 4.39 Å². The number of hydrogen-bond donors (Lipinski definition) is 2. The van der Waals surface area contributed by atoms with Crippen molar-refractivity contribution in [2.45, 2.75) is 6.61 Å². The third-order valence-electron chi connectivity index (χ3n) is 2.57. The number of nitrogens with zero attached hydrogens (tertiary/aromatic N) is 1. The molecule has 0 aliphatic rings. The molecular weight excluding hydrogens is 289 g/mol. The van der Waals surface area contributed by atoms with Gasteiger partial charge in [0.25, 0.3) is 0 Å². The van der Waals surface area contributed by atoms with Crippen molar-refractivity contribution in [3.63, 3.8) is 0 Å². The Labute approximate surface area is 127 Å². The van der Waals surface area contributed by atoms with E-state index >= 15 is 0 Å². The minimum atomic E-state index is -0.262. The number of benzene rings is 2. The predicted octanol–water partition coefficient (Wildman–Crippen LogP) is 2.57. The van der Waals surface area contributed by atoms with E-state index in [0.29, 0.717) is 12.4 Å². The lowest BCUT2D eigenvalue weighted by Crippen LogP contribution is -2.23. The van der Waals surface area contributed by atoms with Gasteiger partial charge in [-0.25, -0.2) is 4.39 Å². The monoisotopic (exact) mass is 303 g/mol. The van der Waals surface area contributed by atoms with Gasteiger partial charge in [-0.3, -0.25) is 5.43 Å². The van der Waals surface area contributed by atoms with E-state index in [4.69, 9.17) is 10.5 Å². The van der Waals surface area contributed by atoms with Crippen LogP contribution in [0.3, 0.4) is 0 Å². The molecule has 0 fully saturated rings. The molecule has 2 rings (SSSR count). The van der Waals surface area contributed by atoms with Gasteiger partial charge in [0.1, 0.15) is 18.2 Å². The van der Waals surface area contributed by atoms with Gasteiger partial charge in [0, 0.05) is 0 Å². The van der Waals surface area contributed by atoms with E-state index in [1.54, 1.807) is 18.3 Å². The molecule has 2 aromatic carbocycles. The highest BCUT2D eigenvalue weighted by molar-refractivity contribution is 7.80. The second kappa shape index (κ2) is 7.35. The quantitative estimate of drug-likeness (QED) is 0.506. The van der Waals surface area contributed by atoms with Crippen LogP contribution in [0.2, 0.25) is 0 Å². The maximum atomic E-state index is 12.8. The lowest BCUT2D eigenvalue weighted by atomic mass is 10.2. The minimum Gasteiger partial charge on any atom is -0.489 e. The standard InChI is InChI=1S/C15H14FN3OS/c16-13-6-4-11(5-7-13)10-20-14-3-1-2-12(8-14)9-18-19-15(17)21/h1-9H,10H2,(H3,17,19,21). The smallest absolute Gasteiger partial charge is 0.184 e. The molecule has 3 N–H and O–H groups in total. The average molecular weight is 303 g/mol. The first-order chi connectivity index (χ1) is 10.1. The van der Waals surface area contributed by atoms with Crippen molar-refractivity contribution in [2.75, 3.05) is 0 Å². The molecule has 2 aromatic rings. The van der Waals surface area contributed by atoms with Gasteiger partial charge in [-0.05, 0) is 47.6 Å². The maximum Gasteiger partial charge on any atom is 0.184 e. The number of rotatable bonds is 5. The van der Waals surface area contributed by atoms with E-state index in [-0.39, 0.29) is 10.9 Å². The van der Waals surface area contributed by atoms with Crippen LogP contribution in [0.1, 0.15) is 11.1 Å². The Morgan fingerprint density at radius 2 is 2.05 bits per heavy atom. The van der Waals surface area contributed by atoms with E-state index in [0.717, 1.165) is 11.1 Å². The summed E-state index contributed by atoms with van der Waals surface area (Å²) in [6, 6.07) is 13.6. The summed E-state index contributed by atoms with van der Waals surface area (Å²) in [4.78, 5) is 0. The summed E-state index contributed by atoms with van der Waals surface area (Å²) >= 11 is 4.64. The Morgan fingerprint density at radius 3 is 2.76 bits per heavy atom. The van der Waals surface area contributed by atoms with Crippen LogP contribution in [0.15, 0.2) is 53.6 Å². The topological polar surface area (TPSA) is 59.6 Å². The Morgan fingerprint density at radius 1 is 1.29 bits per heavy atom. The van der Waals surface area contributed by atoms with Crippen LogP contribution >= 0.6 is 12.2 Å². The molecule has 0 atom stereocenters. The van der Waals surface area contributed by atoms with E-state index in [1.807, 2.05) is 24.3 Å². The molecule has 0 spiro atoms. The van der Waals surface area contributed by atoms with Crippen molar-refractivity contribution in [2.24, 2.45) is 10.8 Å². The number of hydrazone groups is 1. The Kier molecular flexibility index (Phi) is 5.22. The number of thiocarbonyl (C=S) groups is 1. The molecule has 0 aliphatic heterocycles. The van der Waals surface area contributed by atoms with Gasteiger partial charge < -0.3 is 10.5 Å². The third-order valence-corrected chi connectivity index (χ3v) is 2.66. The first-order valence-electron chi connectivity index (χ1n) is 6.19. The normalized spacial score (nSPS) is 10.5. The second-order valence-electron chi connectivity index (χ2n) is 4.22. The van der Waals surface area contributed by atoms with Gasteiger partial charge in [0.15, 0.2) is 5.11 Å². The molecule has 0 amide bonds. The molecule has 0 saturated heterocycles. The molecule has 6 heteroatoms. The lowest BCUT2D eigenvalue weighted by Gasteiger charge is -2.07. The van der Waals surface area contributed by atoms with Crippen LogP contribution in [0.25, 0.3) is 0 Å². The van der Waals surface area contributed by atoms with Crippen LogP contribution < -0.4 is 15.9 Å². The molecule has 0 bridgehead atoms. The van der Waals surface area contributed by atoms with E-state index in [9.17, 15) is 4.39 Å². The molecular formula is C15H14FN3OS. The van der Waals surface area contributed by atoms with Crippen LogP contribution in [-0.4, -0.2) is 11.3 Å². The molecule has 0 radical (unpaired) electrons. The van der Waals surface area contributed by atoms with Gasteiger partial charge in [-0.15, -0.1) is 0 Å². The Bertz CT molecular complexity index is 644. The van der Waals surface area contributed by atoms with E-state index < -0.39 is 0 Å². The summed E-state index contributed by atoms with van der Waals surface area (Å²) < 4.78 is 18.4. The molecule has 0 saturated carbocycles. The highest BCUT2D eigenvalue weighted by atomic mass is 32.1. The van der Waals surface area contributed by atoms with Crippen molar-refractivity contribution in [1.82, 2.24) is 5.43 Å². The zero-order valence-corrected chi connectivity index (χ0v) is 11.9. The van der Waals surface area contributed by atoms with Crippen molar-refractivity contribution in [3.05, 3.63) is 65.5 Å². The summed E-state index contributed by atoms with van der Waals surface area (Å²) in [6.07, 6.45) is 1.59. The fourth-order valence-corrected chi connectivity index (χ4v) is 1.66. The number of halogens is 1. The average Bonchev–Trinajstić information content (AvgIpc) is 2.47. The molecule has 0 unspecified atom stereocenters. The van der Waals surface area contributed by atoms with Crippen molar-refractivity contribution in [3.8, 4) is 5.75 Å². The second-order valence-corrected chi connectivity index (χ2v) is 4.66. The van der Waals surface area contributed by atoms with E-state index in [1.165, 1.54) is 12.1 Å². The third kappa shape index (κ3) is 5.19. The van der Waals surface area contributed by atoms with Crippen LogP contribution in [0.5, 0.6) is 5.75 Å². The Hall–Kier alpha value is -2.47.